The van der Waals surface area contributed by atoms with Crippen LogP contribution in [0.25, 0.3) is 0 Å². The van der Waals surface area contributed by atoms with Crippen molar-refractivity contribution in [1.29, 1.82) is 0 Å². The minimum absolute atomic E-state index is 0.198. The van der Waals surface area contributed by atoms with Crippen molar-refractivity contribution < 1.29 is 19.4 Å². The van der Waals surface area contributed by atoms with Crippen molar-refractivity contribution in [1.82, 2.24) is 10.3 Å². The normalized spacial score (nSPS) is 12.1. The molecule has 1 aromatic rings. The Labute approximate surface area is 109 Å². The van der Waals surface area contributed by atoms with Gasteiger partial charge in [0.1, 0.15) is 18.2 Å². The molecule has 0 saturated carbocycles. The monoisotopic (exact) mass is 272 g/mol. The SMILES string of the molecule is CCc1cnc(C(C)NC(=O)COCC(=O)O)s1. The summed E-state index contributed by atoms with van der Waals surface area (Å²) < 4.78 is 4.69. The van der Waals surface area contributed by atoms with E-state index in [9.17, 15) is 9.59 Å². The van der Waals surface area contributed by atoms with Gasteiger partial charge < -0.3 is 15.2 Å². The number of aliphatic carboxylic acids is 1. The second kappa shape index (κ2) is 7.07. The fraction of sp³-hybridized carbons (Fsp3) is 0.545. The zero-order valence-corrected chi connectivity index (χ0v) is 11.1. The third-order valence-electron chi connectivity index (χ3n) is 2.13. The maximum absolute atomic E-state index is 11.4. The molecule has 0 spiro atoms. The molecule has 0 radical (unpaired) electrons. The second-order valence-corrected chi connectivity index (χ2v) is 4.84. The van der Waals surface area contributed by atoms with Gasteiger partial charge in [0.2, 0.25) is 5.91 Å². The van der Waals surface area contributed by atoms with Gasteiger partial charge in [0.05, 0.1) is 6.04 Å². The summed E-state index contributed by atoms with van der Waals surface area (Å²) in [5, 5.41) is 11.9. The van der Waals surface area contributed by atoms with Crippen LogP contribution in [0.3, 0.4) is 0 Å². The predicted octanol–water partition coefficient (Wildman–Crippen LogP) is 0.984. The number of nitrogens with zero attached hydrogens (tertiary/aromatic N) is 1. The van der Waals surface area contributed by atoms with E-state index in [2.05, 4.69) is 10.3 Å². The van der Waals surface area contributed by atoms with Crippen molar-refractivity contribution in [2.75, 3.05) is 13.2 Å². The van der Waals surface area contributed by atoms with Crippen LogP contribution < -0.4 is 5.32 Å². The fourth-order valence-corrected chi connectivity index (χ4v) is 2.12. The number of amides is 1. The number of carbonyl (C=O) groups excluding carboxylic acids is 1. The molecule has 18 heavy (non-hydrogen) atoms. The summed E-state index contributed by atoms with van der Waals surface area (Å²) in [7, 11) is 0. The van der Waals surface area contributed by atoms with Crippen LogP contribution >= 0.6 is 11.3 Å². The van der Waals surface area contributed by atoms with E-state index in [0.29, 0.717) is 0 Å². The summed E-state index contributed by atoms with van der Waals surface area (Å²) in [6.45, 7) is 3.13. The van der Waals surface area contributed by atoms with Gasteiger partial charge in [-0.25, -0.2) is 9.78 Å². The Morgan fingerprint density at radius 2 is 2.28 bits per heavy atom. The average molecular weight is 272 g/mol. The summed E-state index contributed by atoms with van der Waals surface area (Å²) in [5.41, 5.74) is 0. The number of hydrogen-bond acceptors (Lipinski definition) is 5. The molecule has 0 aliphatic carbocycles. The van der Waals surface area contributed by atoms with E-state index in [-0.39, 0.29) is 18.6 Å². The Morgan fingerprint density at radius 1 is 1.56 bits per heavy atom. The Bertz CT molecular complexity index is 419. The highest BCUT2D eigenvalue weighted by Gasteiger charge is 2.13. The minimum Gasteiger partial charge on any atom is -0.480 e. The highest BCUT2D eigenvalue weighted by atomic mass is 32.1. The van der Waals surface area contributed by atoms with E-state index in [1.54, 1.807) is 17.5 Å². The van der Waals surface area contributed by atoms with Crippen LogP contribution in [0.15, 0.2) is 6.20 Å². The molecule has 0 aliphatic rings. The smallest absolute Gasteiger partial charge is 0.329 e. The van der Waals surface area contributed by atoms with E-state index in [0.717, 1.165) is 16.3 Å². The molecule has 0 aromatic carbocycles. The van der Waals surface area contributed by atoms with Gasteiger partial charge in [-0.2, -0.15) is 0 Å². The number of ether oxygens (including phenoxy) is 1. The van der Waals surface area contributed by atoms with Crippen LogP contribution in [0.2, 0.25) is 0 Å². The lowest BCUT2D eigenvalue weighted by molar-refractivity contribution is -0.143. The van der Waals surface area contributed by atoms with Gasteiger partial charge in [-0.3, -0.25) is 4.79 Å². The largest absolute Gasteiger partial charge is 0.480 e. The highest BCUT2D eigenvalue weighted by molar-refractivity contribution is 7.11. The van der Waals surface area contributed by atoms with Crippen molar-refractivity contribution in [3.05, 3.63) is 16.1 Å². The van der Waals surface area contributed by atoms with E-state index < -0.39 is 12.6 Å². The zero-order valence-electron chi connectivity index (χ0n) is 10.3. The van der Waals surface area contributed by atoms with Crippen LogP contribution in [0.4, 0.5) is 0 Å². The van der Waals surface area contributed by atoms with Gasteiger partial charge in [-0.1, -0.05) is 6.92 Å². The van der Waals surface area contributed by atoms with Crippen molar-refractivity contribution in [3.63, 3.8) is 0 Å². The fourth-order valence-electron chi connectivity index (χ4n) is 1.26. The zero-order chi connectivity index (χ0) is 13.5. The maximum Gasteiger partial charge on any atom is 0.329 e. The molecule has 0 bridgehead atoms. The van der Waals surface area contributed by atoms with Gasteiger partial charge >= 0.3 is 5.97 Å². The Kier molecular flexibility index (Phi) is 5.73. The Morgan fingerprint density at radius 3 is 2.83 bits per heavy atom. The minimum atomic E-state index is -1.09. The van der Waals surface area contributed by atoms with Gasteiger partial charge in [0.25, 0.3) is 0 Å². The molecule has 1 amide bonds. The molecule has 1 aromatic heterocycles. The topological polar surface area (TPSA) is 88.5 Å². The molecule has 1 unspecified atom stereocenters. The number of carboxylic acids is 1. The third-order valence-corrected chi connectivity index (χ3v) is 3.45. The standard InChI is InChI=1S/C11H16N2O4S/c1-3-8-4-12-11(18-8)7(2)13-9(14)5-17-6-10(15)16/h4,7H,3,5-6H2,1-2H3,(H,13,14)(H,15,16). The molecule has 7 heteroatoms. The third kappa shape index (κ3) is 4.80. The quantitative estimate of drug-likeness (QED) is 0.772. The first-order valence-electron chi connectivity index (χ1n) is 5.56. The molecule has 0 fully saturated rings. The molecular weight excluding hydrogens is 256 g/mol. The molecular formula is C11H16N2O4S. The summed E-state index contributed by atoms with van der Waals surface area (Å²) in [5.74, 6) is -1.44. The van der Waals surface area contributed by atoms with Gasteiger partial charge in [0.15, 0.2) is 0 Å². The molecule has 1 heterocycles. The van der Waals surface area contributed by atoms with Crippen LogP contribution in [-0.2, 0) is 20.7 Å². The maximum atomic E-state index is 11.4. The number of nitrogens with one attached hydrogen (secondary N) is 1. The van der Waals surface area contributed by atoms with Crippen LogP contribution in [0.5, 0.6) is 0 Å². The number of carbonyl (C=O) groups is 2. The van der Waals surface area contributed by atoms with E-state index >= 15 is 0 Å². The first-order valence-corrected chi connectivity index (χ1v) is 6.38. The lowest BCUT2D eigenvalue weighted by Crippen LogP contribution is -2.30. The van der Waals surface area contributed by atoms with Gasteiger partial charge in [-0.15, -0.1) is 11.3 Å². The van der Waals surface area contributed by atoms with Crippen LogP contribution in [0, 0.1) is 0 Å². The van der Waals surface area contributed by atoms with Crippen molar-refractivity contribution in [2.45, 2.75) is 26.3 Å². The lowest BCUT2D eigenvalue weighted by atomic mass is 10.3. The molecule has 6 nitrogen and oxygen atoms in total. The van der Waals surface area contributed by atoms with Crippen LogP contribution in [0.1, 0.15) is 29.8 Å². The first kappa shape index (κ1) is 14.6. The Balaban J connectivity index is 2.37. The molecule has 2 N–H and O–H groups in total. The lowest BCUT2D eigenvalue weighted by Gasteiger charge is -2.10. The second-order valence-electron chi connectivity index (χ2n) is 3.69. The van der Waals surface area contributed by atoms with E-state index in [4.69, 9.17) is 9.84 Å². The molecule has 1 rings (SSSR count). The highest BCUT2D eigenvalue weighted by Crippen LogP contribution is 2.19. The van der Waals surface area contributed by atoms with Gasteiger partial charge in [-0.05, 0) is 13.3 Å². The molecule has 1 atom stereocenters. The number of aryl methyl sites for hydroxylation is 1. The van der Waals surface area contributed by atoms with Crippen molar-refractivity contribution in [2.24, 2.45) is 0 Å². The number of rotatable bonds is 7. The Hall–Kier alpha value is -1.47. The number of thiazole rings is 1. The first-order chi connectivity index (χ1) is 8.52. The van der Waals surface area contributed by atoms with Gasteiger partial charge in [0, 0.05) is 11.1 Å². The molecule has 0 aliphatic heterocycles. The number of carboxylic acid groups (broad SMARTS) is 1. The molecule has 0 saturated heterocycles. The average Bonchev–Trinajstić information content (AvgIpc) is 2.76. The summed E-state index contributed by atoms with van der Waals surface area (Å²) in [6, 6.07) is -0.198. The summed E-state index contributed by atoms with van der Waals surface area (Å²) in [6.07, 6.45) is 2.71. The summed E-state index contributed by atoms with van der Waals surface area (Å²) >= 11 is 1.55. The predicted molar refractivity (Wildman–Crippen MR) is 66.5 cm³/mol. The van der Waals surface area contributed by atoms with Crippen molar-refractivity contribution >= 4 is 23.2 Å². The van der Waals surface area contributed by atoms with Crippen molar-refractivity contribution in [3.8, 4) is 0 Å². The van der Waals surface area contributed by atoms with Crippen LogP contribution in [-0.4, -0.2) is 35.2 Å². The summed E-state index contributed by atoms with van der Waals surface area (Å²) in [4.78, 5) is 27.0. The molecule has 100 valence electrons. The number of aromatic nitrogens is 1. The van der Waals surface area contributed by atoms with E-state index in [1.807, 2.05) is 13.8 Å². The van der Waals surface area contributed by atoms with E-state index in [1.165, 1.54) is 0 Å². The number of hydrogen-bond donors (Lipinski definition) is 2.